The Hall–Kier alpha value is -1.69. The van der Waals surface area contributed by atoms with Crippen molar-refractivity contribution in [3.8, 4) is 0 Å². The number of hydrogen-bond donors (Lipinski definition) is 3. The zero-order valence-electron chi connectivity index (χ0n) is 10.7. The minimum Gasteiger partial charge on any atom is -0.393 e. The molecule has 18 heavy (non-hydrogen) atoms. The Morgan fingerprint density at radius 1 is 1.44 bits per heavy atom. The van der Waals surface area contributed by atoms with Gasteiger partial charge in [-0.2, -0.15) is 4.98 Å². The van der Waals surface area contributed by atoms with E-state index in [0.29, 0.717) is 18.1 Å². The van der Waals surface area contributed by atoms with Crippen molar-refractivity contribution in [1.29, 1.82) is 0 Å². The number of aromatic amines is 1. The van der Waals surface area contributed by atoms with Gasteiger partial charge < -0.3 is 15.4 Å². The lowest BCUT2D eigenvalue weighted by atomic mass is 10.0. The van der Waals surface area contributed by atoms with Gasteiger partial charge in [0.15, 0.2) is 5.65 Å². The number of aliphatic hydroxyl groups is 1. The summed E-state index contributed by atoms with van der Waals surface area (Å²) < 4.78 is 0. The maximum atomic E-state index is 9.84. The first-order valence-electron chi connectivity index (χ1n) is 6.28. The number of anilines is 1. The van der Waals surface area contributed by atoms with Crippen molar-refractivity contribution < 1.29 is 5.11 Å². The standard InChI is InChI=1S/C12H19N5O/c1-3-4-10(18)8(2)5-13-12-14-6-9-11(17-12)16-7-15-9/h6-8,10,18H,3-5H2,1-2H3,(H2,13,14,15,16,17). The number of fused-ring (bicyclic) bond motifs is 1. The average molecular weight is 249 g/mol. The number of aromatic nitrogens is 4. The van der Waals surface area contributed by atoms with Crippen LogP contribution in [-0.4, -0.2) is 37.7 Å². The number of imidazole rings is 1. The van der Waals surface area contributed by atoms with Crippen LogP contribution in [0, 0.1) is 5.92 Å². The first-order chi connectivity index (χ1) is 8.70. The number of H-pyrrole nitrogens is 1. The summed E-state index contributed by atoms with van der Waals surface area (Å²) in [4.78, 5) is 15.5. The molecule has 2 rings (SSSR count). The van der Waals surface area contributed by atoms with E-state index >= 15 is 0 Å². The molecule has 98 valence electrons. The lowest BCUT2D eigenvalue weighted by Crippen LogP contribution is -2.25. The Kier molecular flexibility index (Phi) is 4.09. The minimum absolute atomic E-state index is 0.172. The van der Waals surface area contributed by atoms with Crippen LogP contribution < -0.4 is 5.32 Å². The summed E-state index contributed by atoms with van der Waals surface area (Å²) in [5.41, 5.74) is 1.47. The molecule has 0 aliphatic rings. The Labute approximate surface area is 106 Å². The molecule has 2 unspecified atom stereocenters. The van der Waals surface area contributed by atoms with Crippen LogP contribution >= 0.6 is 0 Å². The molecule has 0 bridgehead atoms. The second kappa shape index (κ2) is 5.77. The van der Waals surface area contributed by atoms with Crippen molar-refractivity contribution in [2.24, 2.45) is 5.92 Å². The molecule has 6 heteroatoms. The summed E-state index contributed by atoms with van der Waals surface area (Å²) in [7, 11) is 0. The molecule has 0 spiro atoms. The second-order valence-corrected chi connectivity index (χ2v) is 4.54. The number of nitrogens with one attached hydrogen (secondary N) is 2. The van der Waals surface area contributed by atoms with E-state index in [1.165, 1.54) is 0 Å². The smallest absolute Gasteiger partial charge is 0.224 e. The SMILES string of the molecule is CCCC(O)C(C)CNc1ncc2nc[nH]c2n1. The van der Waals surface area contributed by atoms with Crippen LogP contribution in [0.1, 0.15) is 26.7 Å². The molecule has 0 aliphatic carbocycles. The summed E-state index contributed by atoms with van der Waals surface area (Å²) in [6, 6.07) is 0. The summed E-state index contributed by atoms with van der Waals surface area (Å²) in [6.45, 7) is 4.74. The molecule has 0 aromatic carbocycles. The third kappa shape index (κ3) is 2.95. The van der Waals surface area contributed by atoms with Gasteiger partial charge in [0.1, 0.15) is 5.52 Å². The number of nitrogens with zero attached hydrogens (tertiary/aromatic N) is 3. The molecule has 0 radical (unpaired) electrons. The molecular formula is C12H19N5O. The van der Waals surface area contributed by atoms with Crippen LogP contribution in [0.25, 0.3) is 11.2 Å². The first-order valence-corrected chi connectivity index (χ1v) is 6.28. The molecule has 0 amide bonds. The Balaban J connectivity index is 1.93. The Bertz CT molecular complexity index is 498. The number of rotatable bonds is 6. The number of aliphatic hydroxyl groups excluding tert-OH is 1. The van der Waals surface area contributed by atoms with E-state index in [2.05, 4.69) is 32.2 Å². The molecule has 2 heterocycles. The summed E-state index contributed by atoms with van der Waals surface area (Å²) in [5, 5.41) is 13.0. The molecule has 2 atom stereocenters. The summed E-state index contributed by atoms with van der Waals surface area (Å²) in [5.74, 6) is 0.730. The van der Waals surface area contributed by atoms with Gasteiger partial charge >= 0.3 is 0 Å². The van der Waals surface area contributed by atoms with Gasteiger partial charge in [0, 0.05) is 6.54 Å². The molecule has 6 nitrogen and oxygen atoms in total. The van der Waals surface area contributed by atoms with E-state index < -0.39 is 0 Å². The van der Waals surface area contributed by atoms with Crippen LogP contribution in [0.2, 0.25) is 0 Å². The van der Waals surface area contributed by atoms with E-state index in [9.17, 15) is 5.11 Å². The van der Waals surface area contributed by atoms with Crippen LogP contribution in [0.4, 0.5) is 5.95 Å². The molecule has 0 saturated carbocycles. The zero-order valence-corrected chi connectivity index (χ0v) is 10.7. The fourth-order valence-electron chi connectivity index (χ4n) is 1.79. The predicted molar refractivity (Wildman–Crippen MR) is 70.3 cm³/mol. The molecule has 0 aliphatic heterocycles. The van der Waals surface area contributed by atoms with Gasteiger partial charge in [0.2, 0.25) is 5.95 Å². The lowest BCUT2D eigenvalue weighted by molar-refractivity contribution is 0.112. The Morgan fingerprint density at radius 2 is 2.28 bits per heavy atom. The highest BCUT2D eigenvalue weighted by Crippen LogP contribution is 2.11. The fourth-order valence-corrected chi connectivity index (χ4v) is 1.79. The van der Waals surface area contributed by atoms with Crippen LogP contribution in [0.3, 0.4) is 0 Å². The lowest BCUT2D eigenvalue weighted by Gasteiger charge is -2.18. The molecule has 3 N–H and O–H groups in total. The third-order valence-electron chi connectivity index (χ3n) is 3.00. The second-order valence-electron chi connectivity index (χ2n) is 4.54. The van der Waals surface area contributed by atoms with Gasteiger partial charge in [-0.25, -0.2) is 9.97 Å². The third-order valence-corrected chi connectivity index (χ3v) is 3.00. The van der Waals surface area contributed by atoms with Gasteiger partial charge in [0.25, 0.3) is 0 Å². The quantitative estimate of drug-likeness (QED) is 0.723. The van der Waals surface area contributed by atoms with Gasteiger partial charge in [-0.3, -0.25) is 0 Å². The van der Waals surface area contributed by atoms with Crippen LogP contribution in [0.5, 0.6) is 0 Å². The first kappa shape index (κ1) is 12.8. The van der Waals surface area contributed by atoms with E-state index in [4.69, 9.17) is 0 Å². The van der Waals surface area contributed by atoms with Crippen molar-refractivity contribution in [2.45, 2.75) is 32.8 Å². The summed E-state index contributed by atoms with van der Waals surface area (Å²) in [6.07, 6.45) is 4.80. The highest BCUT2D eigenvalue weighted by Gasteiger charge is 2.13. The van der Waals surface area contributed by atoms with Crippen LogP contribution in [-0.2, 0) is 0 Å². The highest BCUT2D eigenvalue weighted by molar-refractivity contribution is 5.69. The van der Waals surface area contributed by atoms with E-state index in [0.717, 1.165) is 18.4 Å². The van der Waals surface area contributed by atoms with Gasteiger partial charge in [-0.15, -0.1) is 0 Å². The minimum atomic E-state index is -0.279. The molecule has 0 fully saturated rings. The van der Waals surface area contributed by atoms with Crippen molar-refractivity contribution >= 4 is 17.1 Å². The molecule has 2 aromatic rings. The monoisotopic (exact) mass is 249 g/mol. The average Bonchev–Trinajstić information content (AvgIpc) is 2.83. The van der Waals surface area contributed by atoms with Crippen molar-refractivity contribution in [3.05, 3.63) is 12.5 Å². The number of hydrogen-bond acceptors (Lipinski definition) is 5. The van der Waals surface area contributed by atoms with Crippen molar-refractivity contribution in [1.82, 2.24) is 19.9 Å². The Morgan fingerprint density at radius 3 is 3.06 bits per heavy atom. The van der Waals surface area contributed by atoms with Gasteiger partial charge in [0.05, 0.1) is 18.6 Å². The zero-order chi connectivity index (χ0) is 13.0. The fraction of sp³-hybridized carbons (Fsp3) is 0.583. The molecule has 2 aromatic heterocycles. The van der Waals surface area contributed by atoms with E-state index in [1.54, 1.807) is 12.5 Å². The molecule has 0 saturated heterocycles. The van der Waals surface area contributed by atoms with Crippen molar-refractivity contribution in [3.63, 3.8) is 0 Å². The largest absolute Gasteiger partial charge is 0.393 e. The maximum Gasteiger partial charge on any atom is 0.224 e. The van der Waals surface area contributed by atoms with Gasteiger partial charge in [-0.05, 0) is 12.3 Å². The van der Waals surface area contributed by atoms with E-state index in [1.807, 2.05) is 6.92 Å². The highest BCUT2D eigenvalue weighted by atomic mass is 16.3. The van der Waals surface area contributed by atoms with Crippen LogP contribution in [0.15, 0.2) is 12.5 Å². The topological polar surface area (TPSA) is 86.7 Å². The maximum absolute atomic E-state index is 9.84. The molecular weight excluding hydrogens is 230 g/mol. The van der Waals surface area contributed by atoms with Crippen molar-refractivity contribution in [2.75, 3.05) is 11.9 Å². The predicted octanol–water partition coefficient (Wildman–Crippen LogP) is 1.56. The van der Waals surface area contributed by atoms with Gasteiger partial charge in [-0.1, -0.05) is 20.3 Å². The van der Waals surface area contributed by atoms with E-state index in [-0.39, 0.29) is 12.0 Å². The normalized spacial score (nSPS) is 14.6. The summed E-state index contributed by atoms with van der Waals surface area (Å²) >= 11 is 0.